The van der Waals surface area contributed by atoms with Gasteiger partial charge < -0.3 is 0 Å². The Balaban J connectivity index is 2.85. The third kappa shape index (κ3) is 5.43. The summed E-state index contributed by atoms with van der Waals surface area (Å²) < 4.78 is 0. The van der Waals surface area contributed by atoms with Crippen LogP contribution in [0, 0.1) is 20.2 Å². The molecule has 7 nitrogen and oxygen atoms in total. The van der Waals surface area contributed by atoms with Crippen molar-refractivity contribution in [3.05, 3.63) is 44.0 Å². The first-order valence-electron chi connectivity index (χ1n) is 7.82. The summed E-state index contributed by atoms with van der Waals surface area (Å²) in [7, 11) is 0. The van der Waals surface area contributed by atoms with Crippen LogP contribution in [0.3, 0.4) is 0 Å². The average Bonchev–Trinajstić information content (AvgIpc) is 2.53. The molecule has 1 radical (unpaired) electrons. The highest BCUT2D eigenvalue weighted by Gasteiger charge is 2.31. The molecule has 0 aliphatic rings. The third-order valence-electron chi connectivity index (χ3n) is 3.79. The summed E-state index contributed by atoms with van der Waals surface area (Å²) in [6.07, 6.45) is 8.38. The van der Waals surface area contributed by atoms with Gasteiger partial charge in [0.25, 0.3) is 0 Å². The van der Waals surface area contributed by atoms with Crippen LogP contribution in [-0.2, 0) is 4.79 Å². The highest BCUT2D eigenvalue weighted by atomic mass is 16.6. The molecule has 0 heterocycles. The second kappa shape index (κ2) is 9.66. The molecule has 0 saturated heterocycles. The molecule has 0 spiro atoms. The maximum absolute atomic E-state index is 11.2. The molecule has 0 fully saturated rings. The Morgan fingerprint density at radius 1 is 1.04 bits per heavy atom. The summed E-state index contributed by atoms with van der Waals surface area (Å²) in [5.74, 6) is -0.804. The van der Waals surface area contributed by atoms with Crippen molar-refractivity contribution >= 4 is 17.7 Å². The maximum Gasteiger partial charge on any atom is 0.349 e. The van der Waals surface area contributed by atoms with E-state index in [2.05, 4.69) is 6.92 Å². The molecule has 0 saturated carbocycles. The lowest BCUT2D eigenvalue weighted by Gasteiger charge is -2.10. The Morgan fingerprint density at radius 2 is 1.70 bits per heavy atom. The molecule has 0 aliphatic heterocycles. The smallest absolute Gasteiger partial charge is 0.290 e. The number of para-hydroxylation sites is 1. The fourth-order valence-electron chi connectivity index (χ4n) is 2.58. The normalized spacial score (nSPS) is 11.9. The molecular weight excluding hydrogens is 300 g/mol. The largest absolute Gasteiger partial charge is 0.349 e. The summed E-state index contributed by atoms with van der Waals surface area (Å²) in [4.78, 5) is 31.8. The van der Waals surface area contributed by atoms with Crippen LogP contribution in [0.15, 0.2) is 18.2 Å². The van der Waals surface area contributed by atoms with E-state index in [-0.39, 0.29) is 5.56 Å². The van der Waals surface area contributed by atoms with E-state index >= 15 is 0 Å². The van der Waals surface area contributed by atoms with E-state index in [4.69, 9.17) is 0 Å². The Morgan fingerprint density at radius 3 is 2.26 bits per heavy atom. The first-order valence-corrected chi connectivity index (χ1v) is 7.82. The molecular formula is C16H21N2O5. The van der Waals surface area contributed by atoms with Gasteiger partial charge in [-0.25, -0.2) is 0 Å². The van der Waals surface area contributed by atoms with Crippen molar-refractivity contribution in [1.29, 1.82) is 0 Å². The van der Waals surface area contributed by atoms with Crippen LogP contribution >= 0.6 is 0 Å². The van der Waals surface area contributed by atoms with Crippen molar-refractivity contribution in [2.45, 2.75) is 57.8 Å². The van der Waals surface area contributed by atoms with Crippen molar-refractivity contribution in [3.63, 3.8) is 0 Å². The quantitative estimate of drug-likeness (QED) is 0.340. The van der Waals surface area contributed by atoms with Crippen LogP contribution in [0.25, 0.3) is 0 Å². The standard InChI is InChI=1S/C16H21N2O5/c1-2-3-4-5-6-7-9-13(12-19)14-10-8-11-15(17(20)21)16(14)18(22)23/h8,10-11,13H,2-7,9H2,1H3. The lowest BCUT2D eigenvalue weighted by atomic mass is 9.92. The van der Waals surface area contributed by atoms with Gasteiger partial charge in [0.1, 0.15) is 0 Å². The van der Waals surface area contributed by atoms with Gasteiger partial charge in [0.15, 0.2) is 0 Å². The van der Waals surface area contributed by atoms with E-state index in [0.717, 1.165) is 38.2 Å². The minimum atomic E-state index is -0.804. The monoisotopic (exact) mass is 321 g/mol. The second-order valence-electron chi connectivity index (χ2n) is 5.46. The van der Waals surface area contributed by atoms with Crippen molar-refractivity contribution in [3.8, 4) is 0 Å². The molecule has 23 heavy (non-hydrogen) atoms. The first-order chi connectivity index (χ1) is 11.0. The average molecular weight is 321 g/mol. The van der Waals surface area contributed by atoms with Gasteiger partial charge in [-0.2, -0.15) is 0 Å². The number of hydrogen-bond donors (Lipinski definition) is 0. The van der Waals surface area contributed by atoms with Crippen LogP contribution in [0.2, 0.25) is 0 Å². The molecule has 1 unspecified atom stereocenters. The van der Waals surface area contributed by atoms with Gasteiger partial charge in [-0.05, 0) is 6.42 Å². The van der Waals surface area contributed by atoms with Gasteiger partial charge in [0.2, 0.25) is 6.29 Å². The molecule has 0 amide bonds. The van der Waals surface area contributed by atoms with Crippen LogP contribution in [-0.4, -0.2) is 16.1 Å². The molecule has 0 aliphatic carbocycles. The number of rotatable bonds is 11. The molecule has 1 aromatic rings. The van der Waals surface area contributed by atoms with Gasteiger partial charge in [0, 0.05) is 11.6 Å². The zero-order valence-electron chi connectivity index (χ0n) is 13.2. The summed E-state index contributed by atoms with van der Waals surface area (Å²) in [5, 5.41) is 22.1. The van der Waals surface area contributed by atoms with Gasteiger partial charge in [-0.3, -0.25) is 25.0 Å². The van der Waals surface area contributed by atoms with E-state index in [0.29, 0.717) is 6.42 Å². The van der Waals surface area contributed by atoms with Gasteiger partial charge in [0.05, 0.1) is 15.8 Å². The Labute approximate surface area is 135 Å². The SMILES string of the molecule is CCCCCCCCC([C]=O)c1cccc([N+](=O)[O-])c1[N+](=O)[O-]. The zero-order chi connectivity index (χ0) is 17.2. The van der Waals surface area contributed by atoms with Crippen LogP contribution in [0.5, 0.6) is 0 Å². The Hall–Kier alpha value is -2.31. The molecule has 1 aromatic carbocycles. The molecule has 1 atom stereocenters. The molecule has 0 bridgehead atoms. The first kappa shape index (κ1) is 18.7. The zero-order valence-corrected chi connectivity index (χ0v) is 13.2. The fourth-order valence-corrected chi connectivity index (χ4v) is 2.58. The van der Waals surface area contributed by atoms with Crippen LogP contribution in [0.1, 0.15) is 63.4 Å². The van der Waals surface area contributed by atoms with E-state index in [1.807, 2.05) is 0 Å². The Bertz CT molecular complexity index is 559. The number of hydrogen-bond acceptors (Lipinski definition) is 5. The number of benzene rings is 1. The minimum Gasteiger partial charge on any atom is -0.290 e. The lowest BCUT2D eigenvalue weighted by molar-refractivity contribution is -0.423. The number of nitro groups is 2. The molecule has 1 rings (SSSR count). The molecule has 125 valence electrons. The van der Waals surface area contributed by atoms with Crippen molar-refractivity contribution in [2.24, 2.45) is 0 Å². The minimum absolute atomic E-state index is 0.0766. The lowest BCUT2D eigenvalue weighted by Crippen LogP contribution is -2.07. The molecule has 0 aromatic heterocycles. The van der Waals surface area contributed by atoms with E-state index in [1.165, 1.54) is 18.6 Å². The third-order valence-corrected chi connectivity index (χ3v) is 3.79. The van der Waals surface area contributed by atoms with E-state index < -0.39 is 27.1 Å². The highest BCUT2D eigenvalue weighted by molar-refractivity contribution is 5.70. The van der Waals surface area contributed by atoms with E-state index in [9.17, 15) is 25.0 Å². The topological polar surface area (TPSA) is 103 Å². The maximum atomic E-state index is 11.2. The highest BCUT2D eigenvalue weighted by Crippen LogP contribution is 2.36. The second-order valence-corrected chi connectivity index (χ2v) is 5.46. The summed E-state index contributed by atoms with van der Waals surface area (Å²) in [5.41, 5.74) is -1.11. The fraction of sp³-hybridized carbons (Fsp3) is 0.562. The predicted octanol–water partition coefficient (Wildman–Crippen LogP) is 4.45. The Kier molecular flexibility index (Phi) is 7.87. The van der Waals surface area contributed by atoms with Gasteiger partial charge in [-0.15, -0.1) is 0 Å². The summed E-state index contributed by atoms with van der Waals surface area (Å²) in [6.45, 7) is 2.12. The number of unbranched alkanes of at least 4 members (excludes halogenated alkanes) is 5. The number of nitro benzene ring substituents is 2. The predicted molar refractivity (Wildman–Crippen MR) is 86.2 cm³/mol. The van der Waals surface area contributed by atoms with Crippen molar-refractivity contribution in [2.75, 3.05) is 0 Å². The van der Waals surface area contributed by atoms with Gasteiger partial charge in [-0.1, -0.05) is 57.6 Å². The summed E-state index contributed by atoms with van der Waals surface area (Å²) >= 11 is 0. The number of nitrogens with zero attached hydrogens (tertiary/aromatic N) is 2. The van der Waals surface area contributed by atoms with Gasteiger partial charge >= 0.3 is 11.4 Å². The molecule has 7 heteroatoms. The number of carbonyl (C=O) groups excluding carboxylic acids is 1. The molecule has 0 N–H and O–H groups in total. The summed E-state index contributed by atoms with van der Waals surface area (Å²) in [6, 6.07) is 3.85. The van der Waals surface area contributed by atoms with E-state index in [1.54, 1.807) is 6.29 Å². The van der Waals surface area contributed by atoms with Crippen LogP contribution < -0.4 is 0 Å². The van der Waals surface area contributed by atoms with Crippen LogP contribution in [0.4, 0.5) is 11.4 Å². The van der Waals surface area contributed by atoms with Crippen molar-refractivity contribution < 1.29 is 14.6 Å². The van der Waals surface area contributed by atoms with Crippen molar-refractivity contribution in [1.82, 2.24) is 0 Å².